The number of hydrogen-bond donors (Lipinski definition) is 1. The summed E-state index contributed by atoms with van der Waals surface area (Å²) < 4.78 is 53.1. The van der Waals surface area contributed by atoms with Crippen LogP contribution in [0.25, 0.3) is 5.57 Å². The summed E-state index contributed by atoms with van der Waals surface area (Å²) in [7, 11) is 0. The van der Waals surface area contributed by atoms with Crippen LogP contribution in [0.1, 0.15) is 20.9 Å². The fraction of sp³-hybridized carbons (Fsp3) is 0.286. The molecule has 2 aromatic heterocycles. The van der Waals surface area contributed by atoms with Gasteiger partial charge in [-0.1, -0.05) is 18.2 Å². The average Bonchev–Trinajstić information content (AvgIpc) is 3.21. The van der Waals surface area contributed by atoms with E-state index in [4.69, 9.17) is 0 Å². The first-order chi connectivity index (χ1) is 15.1. The average molecular weight is 466 g/mol. The zero-order valence-electron chi connectivity index (χ0n) is 16.8. The molecule has 3 heterocycles. The van der Waals surface area contributed by atoms with E-state index in [1.54, 1.807) is 30.0 Å². The van der Waals surface area contributed by atoms with Crippen molar-refractivity contribution in [3.8, 4) is 0 Å². The van der Waals surface area contributed by atoms with E-state index < -0.39 is 22.8 Å². The van der Waals surface area contributed by atoms with Gasteiger partial charge in [-0.3, -0.25) is 0 Å². The first kappa shape index (κ1) is 22.2. The summed E-state index contributed by atoms with van der Waals surface area (Å²) in [5, 5.41) is 14.6. The molecule has 0 spiro atoms. The zero-order chi connectivity index (χ0) is 23.0. The highest BCUT2D eigenvalue weighted by Crippen LogP contribution is 2.34. The van der Waals surface area contributed by atoms with Gasteiger partial charge in [0.25, 0.3) is 0 Å². The van der Waals surface area contributed by atoms with Crippen LogP contribution in [0.4, 0.5) is 23.4 Å². The molecule has 32 heavy (non-hydrogen) atoms. The first-order valence-corrected chi connectivity index (χ1v) is 10.4. The van der Waals surface area contributed by atoms with E-state index in [1.807, 2.05) is 0 Å². The van der Waals surface area contributed by atoms with Gasteiger partial charge in [-0.05, 0) is 41.8 Å². The van der Waals surface area contributed by atoms with Crippen molar-refractivity contribution in [2.45, 2.75) is 25.7 Å². The first-order valence-electron chi connectivity index (χ1n) is 9.61. The predicted octanol–water partition coefficient (Wildman–Crippen LogP) is 3.48. The summed E-state index contributed by atoms with van der Waals surface area (Å²) in [6, 6.07) is 7.01. The highest BCUT2D eigenvalue weighted by Gasteiger charge is 2.32. The number of hydrogen-bond acceptors (Lipinski definition) is 6. The SMILES string of the molecule is Cc1ccc(C2=CCN(c3cnn(Cc4ccc(C(F)(F)F)s4)c(=O)n3)CC2O)cc1F. The molecule has 3 aromatic rings. The third-order valence-electron chi connectivity index (χ3n) is 5.10. The Balaban J connectivity index is 1.50. The van der Waals surface area contributed by atoms with E-state index in [9.17, 15) is 27.5 Å². The summed E-state index contributed by atoms with van der Waals surface area (Å²) in [5.74, 6) is -0.126. The maximum Gasteiger partial charge on any atom is 0.425 e. The van der Waals surface area contributed by atoms with Crippen LogP contribution < -0.4 is 10.6 Å². The molecule has 1 atom stereocenters. The highest BCUT2D eigenvalue weighted by atomic mass is 32.1. The number of rotatable bonds is 4. The zero-order valence-corrected chi connectivity index (χ0v) is 17.6. The lowest BCUT2D eigenvalue weighted by Gasteiger charge is -2.31. The van der Waals surface area contributed by atoms with Gasteiger partial charge in [0.05, 0.1) is 18.8 Å². The summed E-state index contributed by atoms with van der Waals surface area (Å²) in [6.45, 7) is 1.97. The highest BCUT2D eigenvalue weighted by molar-refractivity contribution is 7.12. The molecule has 1 aromatic carbocycles. The van der Waals surface area contributed by atoms with Crippen LogP contribution in [-0.4, -0.2) is 39.1 Å². The van der Waals surface area contributed by atoms with Gasteiger partial charge in [-0.2, -0.15) is 23.3 Å². The second-order valence-corrected chi connectivity index (χ2v) is 8.53. The maximum absolute atomic E-state index is 13.9. The minimum atomic E-state index is -4.44. The summed E-state index contributed by atoms with van der Waals surface area (Å²) in [6.07, 6.45) is -2.30. The Kier molecular flexibility index (Phi) is 5.87. The molecule has 1 aliphatic heterocycles. The lowest BCUT2D eigenvalue weighted by Crippen LogP contribution is -2.39. The molecule has 0 saturated heterocycles. The third kappa shape index (κ3) is 4.58. The number of thiophene rings is 1. The molecule has 0 fully saturated rings. The van der Waals surface area contributed by atoms with Crippen LogP contribution in [0.2, 0.25) is 0 Å². The van der Waals surface area contributed by atoms with Crippen LogP contribution in [-0.2, 0) is 12.7 Å². The van der Waals surface area contributed by atoms with E-state index >= 15 is 0 Å². The van der Waals surface area contributed by atoms with Crippen molar-refractivity contribution in [3.05, 3.63) is 79.8 Å². The molecule has 0 bridgehead atoms. The largest absolute Gasteiger partial charge is 0.425 e. The molecule has 0 amide bonds. The minimum Gasteiger partial charge on any atom is -0.387 e. The number of benzene rings is 1. The molecule has 1 N–H and O–H groups in total. The van der Waals surface area contributed by atoms with E-state index in [0.717, 1.165) is 10.7 Å². The lowest BCUT2D eigenvalue weighted by molar-refractivity contribution is -0.134. The Morgan fingerprint density at radius 3 is 2.66 bits per heavy atom. The number of aryl methyl sites for hydroxylation is 1. The maximum atomic E-state index is 13.9. The molecule has 11 heteroatoms. The standard InChI is InChI=1S/C21H18F4N4O2S/c1-12-2-3-13(8-16(12)22)15-6-7-28(11-17(15)30)19-9-26-29(20(31)27-19)10-14-4-5-18(32-14)21(23,24)25/h2-6,8-9,17,30H,7,10-11H2,1H3. The van der Waals surface area contributed by atoms with Gasteiger partial charge >= 0.3 is 11.9 Å². The number of halogens is 4. The Bertz CT molecular complexity index is 1240. The molecule has 4 rings (SSSR count). The molecular formula is C21H18F4N4O2S. The van der Waals surface area contributed by atoms with Gasteiger partial charge in [0.15, 0.2) is 5.82 Å². The lowest BCUT2D eigenvalue weighted by atomic mass is 9.96. The van der Waals surface area contributed by atoms with Crippen LogP contribution in [0.3, 0.4) is 0 Å². The fourth-order valence-electron chi connectivity index (χ4n) is 3.37. The van der Waals surface area contributed by atoms with E-state index in [2.05, 4.69) is 10.1 Å². The summed E-state index contributed by atoms with van der Waals surface area (Å²) in [4.78, 5) is 17.5. The van der Waals surface area contributed by atoms with Crippen LogP contribution in [0, 0.1) is 12.7 Å². The van der Waals surface area contributed by atoms with Gasteiger partial charge in [0, 0.05) is 18.0 Å². The van der Waals surface area contributed by atoms with Crippen molar-refractivity contribution in [3.63, 3.8) is 0 Å². The molecule has 168 valence electrons. The van der Waals surface area contributed by atoms with Crippen molar-refractivity contribution in [2.75, 3.05) is 18.0 Å². The number of nitrogens with zero attached hydrogens (tertiary/aromatic N) is 4. The smallest absolute Gasteiger partial charge is 0.387 e. The number of anilines is 1. The van der Waals surface area contributed by atoms with Gasteiger partial charge in [0.2, 0.25) is 0 Å². The minimum absolute atomic E-state index is 0.124. The summed E-state index contributed by atoms with van der Waals surface area (Å²) in [5.41, 5.74) is 0.958. The molecular weight excluding hydrogens is 448 g/mol. The monoisotopic (exact) mass is 466 g/mol. The normalized spacial score (nSPS) is 16.9. The molecule has 1 unspecified atom stereocenters. The number of β-amino-alcohol motifs (C(OH)–C–C–N with tert-alkyl or cyclic N) is 1. The topological polar surface area (TPSA) is 71.2 Å². The van der Waals surface area contributed by atoms with E-state index in [0.29, 0.717) is 39.5 Å². The number of alkyl halides is 3. The number of aliphatic hydroxyl groups is 1. The van der Waals surface area contributed by atoms with Gasteiger partial charge < -0.3 is 10.0 Å². The van der Waals surface area contributed by atoms with Gasteiger partial charge in [-0.25, -0.2) is 13.9 Å². The van der Waals surface area contributed by atoms with Gasteiger partial charge in [-0.15, -0.1) is 11.3 Å². The Morgan fingerprint density at radius 2 is 2.03 bits per heavy atom. The van der Waals surface area contributed by atoms with Crippen molar-refractivity contribution < 1.29 is 22.7 Å². The molecule has 6 nitrogen and oxygen atoms in total. The molecule has 1 aliphatic rings. The molecule has 0 radical (unpaired) electrons. The Morgan fingerprint density at radius 1 is 1.25 bits per heavy atom. The molecule has 0 saturated carbocycles. The van der Waals surface area contributed by atoms with Crippen LogP contribution in [0.5, 0.6) is 0 Å². The quantitative estimate of drug-likeness (QED) is 0.597. The predicted molar refractivity (Wildman–Crippen MR) is 112 cm³/mol. The number of aliphatic hydroxyl groups excluding tert-OH is 1. The number of aromatic nitrogens is 3. The third-order valence-corrected chi connectivity index (χ3v) is 6.22. The van der Waals surface area contributed by atoms with Crippen LogP contribution in [0.15, 0.2) is 47.4 Å². The van der Waals surface area contributed by atoms with Gasteiger partial charge in [0.1, 0.15) is 10.7 Å². The van der Waals surface area contributed by atoms with Crippen LogP contribution >= 0.6 is 11.3 Å². The molecule has 0 aliphatic carbocycles. The second kappa shape index (κ2) is 8.47. The van der Waals surface area contributed by atoms with E-state index in [1.165, 1.54) is 18.3 Å². The van der Waals surface area contributed by atoms with E-state index in [-0.39, 0.29) is 24.7 Å². The second-order valence-electron chi connectivity index (χ2n) is 7.36. The Labute approximate surface area is 184 Å². The fourth-order valence-corrected chi connectivity index (χ4v) is 4.23. The van der Waals surface area contributed by atoms with Crippen molar-refractivity contribution in [1.29, 1.82) is 0 Å². The van der Waals surface area contributed by atoms with Crippen molar-refractivity contribution in [2.24, 2.45) is 0 Å². The Hall–Kier alpha value is -3.05. The van der Waals surface area contributed by atoms with Crippen molar-refractivity contribution in [1.82, 2.24) is 14.8 Å². The summed E-state index contributed by atoms with van der Waals surface area (Å²) >= 11 is 0.545. The van der Waals surface area contributed by atoms with Crippen molar-refractivity contribution >= 4 is 22.7 Å².